The molecule has 0 N–H and O–H groups in total. The summed E-state index contributed by atoms with van der Waals surface area (Å²) >= 11 is 1.41. The Kier molecular flexibility index (Phi) is 6.92. The van der Waals surface area contributed by atoms with E-state index in [-0.39, 0.29) is 11.9 Å². The first-order chi connectivity index (χ1) is 17.5. The number of carbonyl (C=O) groups is 1. The van der Waals surface area contributed by atoms with Crippen molar-refractivity contribution in [3.63, 3.8) is 0 Å². The summed E-state index contributed by atoms with van der Waals surface area (Å²) < 4.78 is 6.28. The Balaban J connectivity index is 1.42. The molecule has 0 unspecified atom stereocenters. The zero-order chi connectivity index (χ0) is 25.1. The third-order valence-corrected chi connectivity index (χ3v) is 7.06. The highest BCUT2D eigenvalue weighted by molar-refractivity contribution is 8.18. The van der Waals surface area contributed by atoms with Gasteiger partial charge in [0.15, 0.2) is 5.17 Å². The van der Waals surface area contributed by atoms with Gasteiger partial charge in [-0.05, 0) is 73.1 Å². The number of aliphatic imine (C=N–C) groups is 1. The number of para-hydroxylation sites is 1. The Labute approximate surface area is 216 Å². The third kappa shape index (κ3) is 5.07. The van der Waals surface area contributed by atoms with Gasteiger partial charge in [0.25, 0.3) is 5.91 Å². The maximum atomic E-state index is 13.4. The minimum Gasteiger partial charge on any atom is -0.488 e. The van der Waals surface area contributed by atoms with Crippen molar-refractivity contribution in [2.75, 3.05) is 0 Å². The van der Waals surface area contributed by atoms with Gasteiger partial charge in [0.1, 0.15) is 12.4 Å². The average molecular weight is 493 g/mol. The van der Waals surface area contributed by atoms with E-state index in [9.17, 15) is 4.79 Å². The lowest BCUT2D eigenvalue weighted by molar-refractivity contribution is -0.123. The van der Waals surface area contributed by atoms with E-state index in [0.29, 0.717) is 16.7 Å². The van der Waals surface area contributed by atoms with Gasteiger partial charge in [-0.1, -0.05) is 78.4 Å². The number of thioether (sulfide) groups is 1. The largest absolute Gasteiger partial charge is 0.488 e. The zero-order valence-electron chi connectivity index (χ0n) is 20.6. The number of hydrogen-bond donors (Lipinski definition) is 0. The molecular weight excluding hydrogens is 464 g/mol. The van der Waals surface area contributed by atoms with Crippen LogP contribution in [-0.4, -0.2) is 22.0 Å². The molecule has 0 atom stereocenters. The van der Waals surface area contributed by atoms with Crippen molar-refractivity contribution >= 4 is 45.4 Å². The monoisotopic (exact) mass is 492 g/mol. The van der Waals surface area contributed by atoms with Crippen molar-refractivity contribution in [1.29, 1.82) is 0 Å². The van der Waals surface area contributed by atoms with E-state index in [2.05, 4.69) is 30.3 Å². The second kappa shape index (κ2) is 10.4. The summed E-state index contributed by atoms with van der Waals surface area (Å²) in [5.41, 5.74) is 4.01. The molecule has 0 aromatic heterocycles. The number of hydrogen-bond acceptors (Lipinski definition) is 4. The van der Waals surface area contributed by atoms with Crippen molar-refractivity contribution in [3.8, 4) is 5.75 Å². The summed E-state index contributed by atoms with van der Waals surface area (Å²) in [6.07, 6.45) is 1.92. The number of carbonyl (C=O) groups excluding carboxylic acids is 1. The van der Waals surface area contributed by atoms with Crippen LogP contribution in [0.1, 0.15) is 30.5 Å². The van der Waals surface area contributed by atoms with Gasteiger partial charge in [-0.3, -0.25) is 9.69 Å². The molecule has 1 amide bonds. The van der Waals surface area contributed by atoms with Gasteiger partial charge < -0.3 is 4.74 Å². The molecular formula is C31H28N2O2S. The number of amidine groups is 1. The highest BCUT2D eigenvalue weighted by atomic mass is 32.2. The molecule has 1 fully saturated rings. The molecule has 1 saturated heterocycles. The molecule has 0 aliphatic carbocycles. The highest BCUT2D eigenvalue weighted by Gasteiger charge is 2.35. The molecule has 0 radical (unpaired) electrons. The predicted octanol–water partition coefficient (Wildman–Crippen LogP) is 7.74. The van der Waals surface area contributed by atoms with Crippen molar-refractivity contribution in [3.05, 3.63) is 113 Å². The van der Waals surface area contributed by atoms with Crippen molar-refractivity contribution in [2.24, 2.45) is 4.99 Å². The number of amides is 1. The van der Waals surface area contributed by atoms with Crippen LogP contribution in [0.5, 0.6) is 5.75 Å². The zero-order valence-corrected chi connectivity index (χ0v) is 21.5. The number of ether oxygens (including phenoxy) is 1. The van der Waals surface area contributed by atoms with Gasteiger partial charge in [0.05, 0.1) is 10.6 Å². The molecule has 180 valence electrons. The van der Waals surface area contributed by atoms with Crippen LogP contribution < -0.4 is 4.74 Å². The number of aryl methyl sites for hydroxylation is 1. The van der Waals surface area contributed by atoms with Crippen LogP contribution >= 0.6 is 11.8 Å². The van der Waals surface area contributed by atoms with Gasteiger partial charge in [0, 0.05) is 11.6 Å². The predicted molar refractivity (Wildman–Crippen MR) is 151 cm³/mol. The number of benzene rings is 4. The number of nitrogens with zero attached hydrogens (tertiary/aromatic N) is 2. The van der Waals surface area contributed by atoms with E-state index < -0.39 is 0 Å². The van der Waals surface area contributed by atoms with Crippen LogP contribution in [0.4, 0.5) is 5.69 Å². The molecule has 36 heavy (non-hydrogen) atoms. The first kappa shape index (κ1) is 23.9. The van der Waals surface area contributed by atoms with Crippen molar-refractivity contribution in [1.82, 2.24) is 4.90 Å². The molecule has 5 rings (SSSR count). The highest BCUT2D eigenvalue weighted by Crippen LogP contribution is 2.37. The molecule has 5 heteroatoms. The topological polar surface area (TPSA) is 41.9 Å². The standard InChI is InChI=1S/C31H28N2O2S/c1-21(2)33-30(34)29(36-31(33)32-26-17-15-22(3)16-18-26)19-24-10-5-7-14-28(24)35-20-25-12-8-11-23-9-4-6-13-27(23)25/h4-19,21H,20H2,1-3H3/b29-19+,32-31?. The normalized spacial score (nSPS) is 16.0. The van der Waals surface area contributed by atoms with Crippen molar-refractivity contribution in [2.45, 2.75) is 33.4 Å². The maximum absolute atomic E-state index is 13.4. The number of rotatable bonds is 6. The fourth-order valence-corrected chi connectivity index (χ4v) is 5.31. The average Bonchev–Trinajstić information content (AvgIpc) is 3.19. The van der Waals surface area contributed by atoms with E-state index >= 15 is 0 Å². The molecule has 1 aliphatic rings. The van der Waals surface area contributed by atoms with E-state index in [1.165, 1.54) is 28.1 Å². The summed E-state index contributed by atoms with van der Waals surface area (Å²) in [6, 6.07) is 30.4. The van der Waals surface area contributed by atoms with Gasteiger partial charge in [-0.2, -0.15) is 0 Å². The SMILES string of the molecule is Cc1ccc(N=C2S/C(=C/c3ccccc3OCc3cccc4ccccc34)C(=O)N2C(C)C)cc1. The van der Waals surface area contributed by atoms with Gasteiger partial charge in [-0.25, -0.2) is 4.99 Å². The van der Waals surface area contributed by atoms with Gasteiger partial charge in [-0.15, -0.1) is 0 Å². The van der Waals surface area contributed by atoms with E-state index in [4.69, 9.17) is 9.73 Å². The Morgan fingerprint density at radius 3 is 2.44 bits per heavy atom. The summed E-state index contributed by atoms with van der Waals surface area (Å²) in [7, 11) is 0. The molecule has 0 bridgehead atoms. The van der Waals surface area contributed by atoms with Crippen LogP contribution in [0.3, 0.4) is 0 Å². The van der Waals surface area contributed by atoms with E-state index in [0.717, 1.165) is 22.6 Å². The minimum absolute atomic E-state index is 0.00189. The summed E-state index contributed by atoms with van der Waals surface area (Å²) in [5.74, 6) is 0.705. The Bertz CT molecular complexity index is 1470. The number of fused-ring (bicyclic) bond motifs is 1. The van der Waals surface area contributed by atoms with Crippen LogP contribution in [0.25, 0.3) is 16.8 Å². The molecule has 1 heterocycles. The maximum Gasteiger partial charge on any atom is 0.266 e. The first-order valence-corrected chi connectivity index (χ1v) is 12.9. The molecule has 4 nitrogen and oxygen atoms in total. The molecule has 0 spiro atoms. The molecule has 4 aromatic carbocycles. The minimum atomic E-state index is -0.0373. The lowest BCUT2D eigenvalue weighted by Crippen LogP contribution is -2.35. The van der Waals surface area contributed by atoms with Crippen molar-refractivity contribution < 1.29 is 9.53 Å². The molecule has 4 aromatic rings. The van der Waals surface area contributed by atoms with E-state index in [1.807, 2.05) is 87.5 Å². The summed E-state index contributed by atoms with van der Waals surface area (Å²) in [5, 5.41) is 3.07. The van der Waals surface area contributed by atoms with Crippen LogP contribution in [-0.2, 0) is 11.4 Å². The van der Waals surface area contributed by atoms with Crippen LogP contribution in [0, 0.1) is 6.92 Å². The Morgan fingerprint density at radius 2 is 1.64 bits per heavy atom. The van der Waals surface area contributed by atoms with Gasteiger partial charge in [0.2, 0.25) is 0 Å². The lowest BCUT2D eigenvalue weighted by Gasteiger charge is -2.19. The molecule has 0 saturated carbocycles. The van der Waals surface area contributed by atoms with Gasteiger partial charge >= 0.3 is 0 Å². The third-order valence-electron chi connectivity index (χ3n) is 6.08. The lowest BCUT2D eigenvalue weighted by atomic mass is 10.1. The summed E-state index contributed by atoms with van der Waals surface area (Å²) in [4.78, 5) is 20.5. The van der Waals surface area contributed by atoms with E-state index in [1.54, 1.807) is 4.90 Å². The molecule has 1 aliphatic heterocycles. The summed E-state index contributed by atoms with van der Waals surface area (Å²) in [6.45, 7) is 6.51. The Hall–Kier alpha value is -3.83. The van der Waals surface area contributed by atoms with Crippen LogP contribution in [0.2, 0.25) is 0 Å². The Morgan fingerprint density at radius 1 is 0.917 bits per heavy atom. The smallest absolute Gasteiger partial charge is 0.266 e. The fraction of sp³-hybridized carbons (Fsp3) is 0.161. The quantitative estimate of drug-likeness (QED) is 0.259. The first-order valence-electron chi connectivity index (χ1n) is 12.1. The fourth-order valence-electron chi connectivity index (χ4n) is 4.20. The second-order valence-electron chi connectivity index (χ2n) is 9.07. The second-order valence-corrected chi connectivity index (χ2v) is 10.1. The van der Waals surface area contributed by atoms with Crippen LogP contribution in [0.15, 0.2) is 101 Å².